The summed E-state index contributed by atoms with van der Waals surface area (Å²) in [5, 5.41) is 6.79. The van der Waals surface area contributed by atoms with E-state index in [0.717, 1.165) is 53.6 Å². The number of nitrogens with two attached hydrogens (primary N) is 1. The van der Waals surface area contributed by atoms with Gasteiger partial charge in [0.15, 0.2) is 0 Å². The van der Waals surface area contributed by atoms with Crippen LogP contribution in [0.15, 0.2) is 139 Å². The van der Waals surface area contributed by atoms with Crippen molar-refractivity contribution in [1.82, 2.24) is 9.91 Å². The Kier molecular flexibility index (Phi) is 9.50. The molecule has 246 valence electrons. The maximum Gasteiger partial charge on any atom is 0.349 e. The minimum Gasteiger partial charge on any atom is -0.399 e. The van der Waals surface area contributed by atoms with Crippen LogP contribution < -0.4 is 10.6 Å². The summed E-state index contributed by atoms with van der Waals surface area (Å²) in [6.45, 7) is 1.26. The van der Waals surface area contributed by atoms with E-state index in [2.05, 4.69) is 0 Å². The Balaban J connectivity index is 1.35. The Morgan fingerprint density at radius 2 is 1.29 bits per heavy atom. The third-order valence-electron chi connectivity index (χ3n) is 9.44. The molecule has 7 heteroatoms. The van der Waals surface area contributed by atoms with E-state index in [1.165, 1.54) is 6.42 Å². The molecular weight excluding hydrogens is 606 g/mol. The lowest BCUT2D eigenvalue weighted by molar-refractivity contribution is 0.0730. The summed E-state index contributed by atoms with van der Waals surface area (Å²) in [6.07, 6.45) is 5.37. The van der Waals surface area contributed by atoms with Crippen molar-refractivity contribution in [2.24, 2.45) is 11.0 Å². The van der Waals surface area contributed by atoms with Gasteiger partial charge in [-0.15, -0.1) is 0 Å². The van der Waals surface area contributed by atoms with E-state index >= 15 is 0 Å². The molecule has 0 unspecified atom stereocenters. The summed E-state index contributed by atoms with van der Waals surface area (Å²) in [5.74, 6) is 0.0919. The molecule has 3 amide bonds. The molecule has 2 aliphatic rings. The standard InChI is InChI=1S/C42H41N5O2/c43-36-22-24-37(25-23-36)47-39-26-21-35(41(48)45(28-31-13-5-1-6-14-31)29-32-15-7-2-8-16-32)27-38(39)40(34-19-11-4-12-20-34)44-46(42(47)49)30-33-17-9-3-10-18-33/h1-3,5-10,13-18,21-27,34H,4,11-12,19-20,28-30,43H2. The van der Waals surface area contributed by atoms with E-state index in [1.54, 1.807) is 22.0 Å². The molecule has 2 N–H and O–H groups in total. The second-order valence-electron chi connectivity index (χ2n) is 12.9. The van der Waals surface area contributed by atoms with Crippen molar-refractivity contribution in [2.75, 3.05) is 10.6 Å². The first kappa shape index (κ1) is 31.9. The van der Waals surface area contributed by atoms with Crippen LogP contribution in [0, 0.1) is 5.92 Å². The molecule has 0 atom stereocenters. The third kappa shape index (κ3) is 7.26. The number of hydrogen-bond donors (Lipinski definition) is 1. The van der Waals surface area contributed by atoms with Crippen LogP contribution in [0.4, 0.5) is 21.9 Å². The average Bonchev–Trinajstić information content (AvgIpc) is 3.26. The van der Waals surface area contributed by atoms with Crippen molar-refractivity contribution in [3.8, 4) is 0 Å². The van der Waals surface area contributed by atoms with Gasteiger partial charge in [-0.05, 0) is 72.0 Å². The fourth-order valence-electron chi connectivity index (χ4n) is 6.91. The summed E-state index contributed by atoms with van der Waals surface area (Å²) in [6, 6.07) is 43.0. The molecule has 49 heavy (non-hydrogen) atoms. The highest BCUT2D eigenvalue weighted by Crippen LogP contribution is 2.39. The Bertz CT molecular complexity index is 1880. The van der Waals surface area contributed by atoms with Crippen molar-refractivity contribution in [3.63, 3.8) is 0 Å². The van der Waals surface area contributed by atoms with Gasteiger partial charge in [0.2, 0.25) is 0 Å². The van der Waals surface area contributed by atoms with Crippen molar-refractivity contribution in [1.29, 1.82) is 0 Å². The molecule has 0 aromatic heterocycles. The monoisotopic (exact) mass is 647 g/mol. The highest BCUT2D eigenvalue weighted by atomic mass is 16.2. The number of anilines is 3. The Labute approximate surface area is 288 Å². The van der Waals surface area contributed by atoms with Crippen LogP contribution in [0.25, 0.3) is 0 Å². The van der Waals surface area contributed by atoms with Gasteiger partial charge >= 0.3 is 6.03 Å². The van der Waals surface area contributed by atoms with Crippen LogP contribution in [-0.4, -0.2) is 27.6 Å². The van der Waals surface area contributed by atoms with Crippen LogP contribution in [0.5, 0.6) is 0 Å². The maximum atomic E-state index is 14.6. The lowest BCUT2D eigenvalue weighted by atomic mass is 9.82. The Morgan fingerprint density at radius 1 is 0.714 bits per heavy atom. The van der Waals surface area contributed by atoms with Crippen LogP contribution in [-0.2, 0) is 19.6 Å². The minimum absolute atomic E-state index is 0.0748. The van der Waals surface area contributed by atoms with E-state index in [9.17, 15) is 9.59 Å². The Hall–Kier alpha value is -5.69. The maximum absolute atomic E-state index is 14.6. The summed E-state index contributed by atoms with van der Waals surface area (Å²) in [7, 11) is 0. The second-order valence-corrected chi connectivity index (χ2v) is 12.9. The highest BCUT2D eigenvalue weighted by molar-refractivity contribution is 6.15. The van der Waals surface area contributed by atoms with Gasteiger partial charge in [0.05, 0.1) is 23.6 Å². The number of rotatable bonds is 9. The summed E-state index contributed by atoms with van der Waals surface area (Å²) in [5.41, 5.74) is 13.4. The van der Waals surface area contributed by atoms with E-state index in [4.69, 9.17) is 10.8 Å². The highest BCUT2D eigenvalue weighted by Gasteiger charge is 2.35. The number of hydrazone groups is 1. The SMILES string of the molecule is Nc1ccc(N2C(=O)N(Cc3ccccc3)N=C(C3CCCCC3)c3cc(C(=O)N(Cc4ccccc4)Cc4ccccc4)ccc32)cc1. The second kappa shape index (κ2) is 14.6. The van der Waals surface area contributed by atoms with Gasteiger partial charge < -0.3 is 10.6 Å². The molecule has 1 fully saturated rings. The van der Waals surface area contributed by atoms with Crippen LogP contribution in [0.1, 0.15) is 64.7 Å². The molecule has 0 bridgehead atoms. The zero-order valence-electron chi connectivity index (χ0n) is 27.6. The normalized spacial score (nSPS) is 14.9. The average molecular weight is 648 g/mol. The van der Waals surface area contributed by atoms with E-state index < -0.39 is 0 Å². The van der Waals surface area contributed by atoms with Crippen LogP contribution in [0.3, 0.4) is 0 Å². The van der Waals surface area contributed by atoms with Gasteiger partial charge in [0, 0.05) is 35.8 Å². The number of urea groups is 1. The lowest BCUT2D eigenvalue weighted by Gasteiger charge is -2.28. The van der Waals surface area contributed by atoms with E-state index in [1.807, 2.05) is 126 Å². The lowest BCUT2D eigenvalue weighted by Crippen LogP contribution is -2.37. The van der Waals surface area contributed by atoms with Gasteiger partial charge in [0.25, 0.3) is 5.91 Å². The fraction of sp³-hybridized carbons (Fsp3) is 0.214. The Morgan fingerprint density at radius 3 is 1.88 bits per heavy atom. The molecule has 0 saturated heterocycles. The quantitative estimate of drug-likeness (QED) is 0.162. The summed E-state index contributed by atoms with van der Waals surface area (Å²) < 4.78 is 0. The molecule has 1 saturated carbocycles. The molecule has 0 spiro atoms. The van der Waals surface area contributed by atoms with Crippen LogP contribution in [0.2, 0.25) is 0 Å². The fourth-order valence-corrected chi connectivity index (χ4v) is 6.91. The van der Waals surface area contributed by atoms with Gasteiger partial charge in [-0.3, -0.25) is 9.69 Å². The molecular formula is C42H41N5O2. The summed E-state index contributed by atoms with van der Waals surface area (Å²) in [4.78, 5) is 32.8. The largest absolute Gasteiger partial charge is 0.399 e. The zero-order valence-corrected chi connectivity index (χ0v) is 27.6. The van der Waals surface area contributed by atoms with Crippen molar-refractivity contribution in [2.45, 2.75) is 51.7 Å². The zero-order chi connectivity index (χ0) is 33.6. The van der Waals surface area contributed by atoms with Crippen molar-refractivity contribution >= 4 is 34.7 Å². The number of hydrogen-bond acceptors (Lipinski definition) is 4. The number of amides is 3. The van der Waals surface area contributed by atoms with E-state index in [-0.39, 0.29) is 17.9 Å². The third-order valence-corrected chi connectivity index (χ3v) is 9.44. The number of carbonyl (C=O) groups is 2. The van der Waals surface area contributed by atoms with Crippen molar-refractivity contribution < 1.29 is 9.59 Å². The van der Waals surface area contributed by atoms with Gasteiger partial charge in [-0.1, -0.05) is 110 Å². The molecule has 7 rings (SSSR count). The predicted molar refractivity (Wildman–Crippen MR) is 196 cm³/mol. The molecule has 5 aromatic rings. The van der Waals surface area contributed by atoms with Crippen molar-refractivity contribution in [3.05, 3.63) is 161 Å². The van der Waals surface area contributed by atoms with Crippen LogP contribution >= 0.6 is 0 Å². The molecule has 1 aliphatic heterocycles. The number of nitrogen functional groups attached to an aromatic ring is 1. The molecule has 1 aliphatic carbocycles. The number of nitrogens with zero attached hydrogens (tertiary/aromatic N) is 4. The molecule has 5 aromatic carbocycles. The number of benzene rings is 5. The smallest absolute Gasteiger partial charge is 0.349 e. The first-order chi connectivity index (χ1) is 24.0. The molecule has 7 nitrogen and oxygen atoms in total. The number of fused-ring (bicyclic) bond motifs is 1. The van der Waals surface area contributed by atoms with E-state index in [0.29, 0.717) is 42.3 Å². The number of carbonyl (C=O) groups excluding carboxylic acids is 2. The minimum atomic E-state index is -0.255. The molecule has 1 heterocycles. The first-order valence-corrected chi connectivity index (χ1v) is 17.1. The van der Waals surface area contributed by atoms with Gasteiger partial charge in [0.1, 0.15) is 0 Å². The topological polar surface area (TPSA) is 82.2 Å². The predicted octanol–water partition coefficient (Wildman–Crippen LogP) is 9.17. The summed E-state index contributed by atoms with van der Waals surface area (Å²) >= 11 is 0. The van der Waals surface area contributed by atoms with Gasteiger partial charge in [-0.2, -0.15) is 5.10 Å². The van der Waals surface area contributed by atoms with Gasteiger partial charge in [-0.25, -0.2) is 9.80 Å². The first-order valence-electron chi connectivity index (χ1n) is 17.1. The molecule has 0 radical (unpaired) electrons.